The summed E-state index contributed by atoms with van der Waals surface area (Å²) in [5.74, 6) is 3.75. The van der Waals surface area contributed by atoms with E-state index in [1.54, 1.807) is 0 Å². The molecule has 0 fully saturated rings. The number of halogens is 2. The van der Waals surface area contributed by atoms with Crippen molar-refractivity contribution in [2.75, 3.05) is 0 Å². The van der Waals surface area contributed by atoms with Crippen molar-refractivity contribution in [1.82, 2.24) is 0 Å². The number of hydrogen-bond donors (Lipinski definition) is 0. The SMILES string of the molecule is C[Se](C)(Cl)Cl. The topological polar surface area (TPSA) is 0 Å². The van der Waals surface area contributed by atoms with Crippen molar-refractivity contribution in [3.8, 4) is 0 Å². The van der Waals surface area contributed by atoms with Crippen LogP contribution < -0.4 is 0 Å². The van der Waals surface area contributed by atoms with Crippen LogP contribution in [0.25, 0.3) is 0 Å². The fourth-order valence-corrected chi connectivity index (χ4v) is 0. The van der Waals surface area contributed by atoms with Gasteiger partial charge in [-0.15, -0.1) is 0 Å². The van der Waals surface area contributed by atoms with E-state index in [1.165, 1.54) is 0 Å². The van der Waals surface area contributed by atoms with Gasteiger partial charge in [-0.3, -0.25) is 0 Å². The quantitative estimate of drug-likeness (QED) is 0.501. The Balaban J connectivity index is 3.02. The van der Waals surface area contributed by atoms with Crippen LogP contribution in [0.5, 0.6) is 0 Å². The molecule has 3 heteroatoms. The van der Waals surface area contributed by atoms with Gasteiger partial charge in [0.15, 0.2) is 0 Å². The Morgan fingerprint density at radius 1 is 1.20 bits per heavy atom. The van der Waals surface area contributed by atoms with E-state index in [9.17, 15) is 0 Å². The maximum atomic E-state index is 5.45. The van der Waals surface area contributed by atoms with Gasteiger partial charge in [-0.1, -0.05) is 0 Å². The molecule has 0 bridgehead atoms. The molecule has 0 saturated carbocycles. The molecule has 0 aliphatic carbocycles. The molecule has 34 valence electrons. The van der Waals surface area contributed by atoms with Gasteiger partial charge in [0, 0.05) is 0 Å². The summed E-state index contributed by atoms with van der Waals surface area (Å²) in [7, 11) is 10.9. The summed E-state index contributed by atoms with van der Waals surface area (Å²) in [4.78, 5) is 0. The zero-order chi connectivity index (χ0) is 4.50. The van der Waals surface area contributed by atoms with Gasteiger partial charge in [0.2, 0.25) is 0 Å². The van der Waals surface area contributed by atoms with Gasteiger partial charge in [0.1, 0.15) is 0 Å². The van der Waals surface area contributed by atoms with E-state index in [0.29, 0.717) is 0 Å². The molecule has 0 radical (unpaired) electrons. The van der Waals surface area contributed by atoms with Gasteiger partial charge >= 0.3 is 42.9 Å². The molecule has 0 heterocycles. The molecule has 0 N–H and O–H groups in total. The summed E-state index contributed by atoms with van der Waals surface area (Å²) < 4.78 is 0. The van der Waals surface area contributed by atoms with Crippen molar-refractivity contribution in [2.45, 2.75) is 11.6 Å². The van der Waals surface area contributed by atoms with Gasteiger partial charge in [0.25, 0.3) is 0 Å². The third-order valence-electron chi connectivity index (χ3n) is 0. The van der Waals surface area contributed by atoms with E-state index in [2.05, 4.69) is 0 Å². The van der Waals surface area contributed by atoms with Gasteiger partial charge in [0.05, 0.1) is 0 Å². The molecule has 0 rings (SSSR count). The Kier molecular flexibility index (Phi) is 2.07. The summed E-state index contributed by atoms with van der Waals surface area (Å²) in [6, 6.07) is 0. The fraction of sp³-hybridized carbons (Fsp3) is 1.00. The molecule has 0 saturated heterocycles. The van der Waals surface area contributed by atoms with Gasteiger partial charge in [-0.05, 0) is 0 Å². The summed E-state index contributed by atoms with van der Waals surface area (Å²) >= 11 is -1.81. The van der Waals surface area contributed by atoms with E-state index < -0.39 is 11.0 Å². The molecule has 0 spiro atoms. The fourth-order valence-electron chi connectivity index (χ4n) is 0. The number of rotatable bonds is 0. The zero-order valence-corrected chi connectivity index (χ0v) is 6.39. The van der Waals surface area contributed by atoms with Gasteiger partial charge in [-0.25, -0.2) is 0 Å². The van der Waals surface area contributed by atoms with Crippen LogP contribution in [-0.2, 0) is 0 Å². The Morgan fingerprint density at radius 3 is 1.20 bits per heavy atom. The maximum absolute atomic E-state index is 5.45. The molecule has 0 amide bonds. The van der Waals surface area contributed by atoms with Crippen molar-refractivity contribution in [3.63, 3.8) is 0 Å². The van der Waals surface area contributed by atoms with Crippen molar-refractivity contribution in [2.24, 2.45) is 0 Å². The first-order valence-corrected chi connectivity index (χ1v) is 9.05. The number of hydrogen-bond acceptors (Lipinski definition) is 0. The van der Waals surface area contributed by atoms with E-state index in [4.69, 9.17) is 20.2 Å². The van der Waals surface area contributed by atoms with Crippen LogP contribution in [0, 0.1) is 0 Å². The standard InChI is InChI=1S/C2H6Cl2Se/c1-5(2,3)4/h1-2H3. The molecule has 0 aromatic rings. The summed E-state index contributed by atoms with van der Waals surface area (Å²) in [6.45, 7) is 0. The Morgan fingerprint density at radius 2 is 1.20 bits per heavy atom. The second-order valence-corrected chi connectivity index (χ2v) is 14.5. The zero-order valence-electron chi connectivity index (χ0n) is 3.16. The van der Waals surface area contributed by atoms with Crippen molar-refractivity contribution in [1.29, 1.82) is 0 Å². The first-order valence-electron chi connectivity index (χ1n) is 1.13. The minimum atomic E-state index is -1.81. The monoisotopic (exact) mass is 180 g/mol. The van der Waals surface area contributed by atoms with Crippen LogP contribution in [0.3, 0.4) is 0 Å². The van der Waals surface area contributed by atoms with Gasteiger partial charge < -0.3 is 0 Å². The minimum absolute atomic E-state index is 1.81. The van der Waals surface area contributed by atoms with Crippen LogP contribution in [-0.4, -0.2) is 11.0 Å². The second-order valence-electron chi connectivity index (χ2n) is 1.08. The third kappa shape index (κ3) is 40.5. The third-order valence-corrected chi connectivity index (χ3v) is 0. The molecular formula is C2H6Cl2Se. The van der Waals surface area contributed by atoms with Crippen molar-refractivity contribution >= 4 is 31.2 Å². The van der Waals surface area contributed by atoms with E-state index in [1.807, 2.05) is 11.6 Å². The van der Waals surface area contributed by atoms with Crippen molar-refractivity contribution < 1.29 is 0 Å². The average Bonchev–Trinajstić information content (AvgIpc) is 0.722. The summed E-state index contributed by atoms with van der Waals surface area (Å²) in [5.41, 5.74) is 0. The Labute approximate surface area is 43.1 Å². The summed E-state index contributed by atoms with van der Waals surface area (Å²) in [5, 5.41) is 0. The molecule has 5 heavy (non-hydrogen) atoms. The molecule has 0 nitrogen and oxygen atoms in total. The second kappa shape index (κ2) is 1.70. The molecule has 0 atom stereocenters. The first-order chi connectivity index (χ1) is 2.00. The summed E-state index contributed by atoms with van der Waals surface area (Å²) in [6.07, 6.45) is 0. The van der Waals surface area contributed by atoms with Crippen molar-refractivity contribution in [3.05, 3.63) is 0 Å². The van der Waals surface area contributed by atoms with Crippen LogP contribution in [0.1, 0.15) is 0 Å². The molecule has 0 aliphatic rings. The van der Waals surface area contributed by atoms with E-state index in [-0.39, 0.29) is 0 Å². The van der Waals surface area contributed by atoms with Crippen LogP contribution in [0.2, 0.25) is 11.6 Å². The van der Waals surface area contributed by atoms with Crippen LogP contribution in [0.15, 0.2) is 0 Å². The molecule has 0 unspecified atom stereocenters. The predicted octanol–water partition coefficient (Wildman–Crippen LogP) is 2.17. The Bertz CT molecular complexity index is 23.1. The average molecular weight is 180 g/mol. The van der Waals surface area contributed by atoms with E-state index >= 15 is 0 Å². The molecule has 0 aromatic heterocycles. The molecule has 0 aliphatic heterocycles. The van der Waals surface area contributed by atoms with Crippen LogP contribution >= 0.6 is 20.2 Å². The first kappa shape index (κ1) is 6.10. The van der Waals surface area contributed by atoms with Crippen LogP contribution in [0.4, 0.5) is 0 Å². The van der Waals surface area contributed by atoms with E-state index in [0.717, 1.165) is 0 Å². The predicted molar refractivity (Wildman–Crippen MR) is 29.2 cm³/mol. The molecule has 0 aromatic carbocycles. The Hall–Kier alpha value is 1.10. The normalized spacial score (nSPS) is 15.2. The molecular weight excluding hydrogens is 174 g/mol. The van der Waals surface area contributed by atoms with Gasteiger partial charge in [-0.2, -0.15) is 0 Å².